The van der Waals surface area contributed by atoms with Crippen LogP contribution in [0.5, 0.6) is 11.5 Å². The number of ketones is 1. The number of benzene rings is 1. The summed E-state index contributed by atoms with van der Waals surface area (Å²) in [4.78, 5) is 23.5. The zero-order valence-electron chi connectivity index (χ0n) is 12.2. The third-order valence-electron chi connectivity index (χ3n) is 2.96. The normalized spacial score (nSPS) is 16.0. The van der Waals surface area contributed by atoms with Crippen molar-refractivity contribution < 1.29 is 23.8 Å². The molecular weight excluding hydrogens is 296 g/mol. The first-order valence-electron chi connectivity index (χ1n) is 6.64. The molecule has 0 saturated carbocycles. The number of esters is 1. The van der Waals surface area contributed by atoms with Crippen LogP contribution in [0.1, 0.15) is 31.1 Å². The van der Waals surface area contributed by atoms with E-state index in [0.29, 0.717) is 24.7 Å². The van der Waals surface area contributed by atoms with E-state index in [1.165, 1.54) is 12.1 Å². The fourth-order valence-corrected chi connectivity index (χ4v) is 2.11. The molecule has 0 radical (unpaired) electrons. The first kappa shape index (κ1) is 15.6. The summed E-state index contributed by atoms with van der Waals surface area (Å²) in [7, 11) is 0. The van der Waals surface area contributed by atoms with Gasteiger partial charge in [-0.3, -0.25) is 4.79 Å². The van der Waals surface area contributed by atoms with Crippen LogP contribution < -0.4 is 9.47 Å². The Bertz CT molecular complexity index is 580. The lowest BCUT2D eigenvalue weighted by molar-refractivity contribution is -0.137. The number of carbonyl (C=O) groups excluding carboxylic acids is 2. The molecule has 0 saturated heterocycles. The first-order chi connectivity index (χ1) is 9.84. The Morgan fingerprint density at radius 1 is 1.29 bits per heavy atom. The summed E-state index contributed by atoms with van der Waals surface area (Å²) in [6.45, 7) is 6.64. The van der Waals surface area contributed by atoms with E-state index in [9.17, 15) is 9.59 Å². The quantitative estimate of drug-likeness (QED) is 0.488. The maximum absolute atomic E-state index is 12.0. The van der Waals surface area contributed by atoms with Gasteiger partial charge in [-0.1, -0.05) is 25.4 Å². The Morgan fingerprint density at radius 2 is 1.95 bits per heavy atom. The van der Waals surface area contributed by atoms with Gasteiger partial charge >= 0.3 is 5.97 Å². The molecule has 0 unspecified atom stereocenters. The van der Waals surface area contributed by atoms with Crippen molar-refractivity contribution in [3.8, 4) is 11.5 Å². The Hall–Kier alpha value is -1.75. The maximum Gasteiger partial charge on any atom is 0.379 e. The summed E-state index contributed by atoms with van der Waals surface area (Å²) < 4.78 is 16.0. The highest BCUT2D eigenvalue weighted by molar-refractivity contribution is 6.41. The molecule has 1 heterocycles. The van der Waals surface area contributed by atoms with E-state index in [1.54, 1.807) is 6.92 Å². The smallest absolute Gasteiger partial charge is 0.379 e. The van der Waals surface area contributed by atoms with E-state index in [1.807, 2.05) is 13.8 Å². The molecule has 0 amide bonds. The highest BCUT2D eigenvalue weighted by Gasteiger charge is 2.28. The lowest BCUT2D eigenvalue weighted by atomic mass is 9.97. The molecule has 0 aromatic heterocycles. The maximum atomic E-state index is 12.0. The van der Waals surface area contributed by atoms with E-state index in [2.05, 4.69) is 0 Å². The minimum Gasteiger partial charge on any atom is -0.489 e. The van der Waals surface area contributed by atoms with E-state index in [4.69, 9.17) is 25.8 Å². The van der Waals surface area contributed by atoms with Crippen LogP contribution in [0.4, 0.5) is 0 Å². The summed E-state index contributed by atoms with van der Waals surface area (Å²) in [6, 6.07) is 2.85. The highest BCUT2D eigenvalue weighted by atomic mass is 35.5. The molecule has 0 aliphatic carbocycles. The number of halogens is 1. The zero-order chi connectivity index (χ0) is 15.6. The van der Waals surface area contributed by atoms with Crippen LogP contribution in [0.15, 0.2) is 12.1 Å². The van der Waals surface area contributed by atoms with Gasteiger partial charge in [0.15, 0.2) is 11.5 Å². The lowest BCUT2D eigenvalue weighted by Crippen LogP contribution is -2.26. The number of fused-ring (bicyclic) bond motifs is 1. The second kappa shape index (κ2) is 5.93. The molecule has 0 N–H and O–H groups in total. The highest BCUT2D eigenvalue weighted by Crippen LogP contribution is 2.40. The monoisotopic (exact) mass is 312 g/mol. The number of hydrogen-bond donors (Lipinski definition) is 0. The predicted octanol–water partition coefficient (Wildman–Crippen LogP) is 2.88. The van der Waals surface area contributed by atoms with Crippen molar-refractivity contribution in [3.63, 3.8) is 0 Å². The Labute approximate surface area is 128 Å². The molecule has 0 spiro atoms. The number of Topliss-reactive ketones (excluding diaryl/α,β-unsaturated/α-hetero) is 1. The minimum atomic E-state index is -0.914. The van der Waals surface area contributed by atoms with Crippen LogP contribution >= 0.6 is 11.6 Å². The largest absolute Gasteiger partial charge is 0.489 e. The molecule has 0 atom stereocenters. The minimum absolute atomic E-state index is 0.125. The van der Waals surface area contributed by atoms with Crippen LogP contribution in [0.2, 0.25) is 5.02 Å². The molecular formula is C15H17ClO5. The van der Waals surface area contributed by atoms with E-state index < -0.39 is 11.8 Å². The predicted molar refractivity (Wildman–Crippen MR) is 77.2 cm³/mol. The van der Waals surface area contributed by atoms with E-state index in [0.717, 1.165) is 0 Å². The third-order valence-corrected chi connectivity index (χ3v) is 3.24. The summed E-state index contributed by atoms with van der Waals surface area (Å²) in [5, 5.41) is 0.234. The van der Waals surface area contributed by atoms with Gasteiger partial charge in [-0.15, -0.1) is 0 Å². The topological polar surface area (TPSA) is 61.8 Å². The van der Waals surface area contributed by atoms with Crippen LogP contribution in [-0.4, -0.2) is 31.6 Å². The fourth-order valence-electron chi connectivity index (χ4n) is 1.84. The summed E-state index contributed by atoms with van der Waals surface area (Å²) >= 11 is 6.13. The van der Waals surface area contributed by atoms with Crippen molar-refractivity contribution in [3.05, 3.63) is 22.7 Å². The summed E-state index contributed by atoms with van der Waals surface area (Å²) in [5.41, 5.74) is -0.0475. The first-order valence-corrected chi connectivity index (χ1v) is 7.02. The number of carbonyl (C=O) groups is 2. The molecule has 1 aromatic carbocycles. The molecule has 114 valence electrons. The van der Waals surface area contributed by atoms with Crippen molar-refractivity contribution >= 4 is 23.4 Å². The van der Waals surface area contributed by atoms with Gasteiger partial charge in [-0.25, -0.2) is 4.79 Å². The van der Waals surface area contributed by atoms with Gasteiger partial charge in [0.25, 0.3) is 5.78 Å². The van der Waals surface area contributed by atoms with Crippen molar-refractivity contribution in [2.45, 2.75) is 20.8 Å². The molecule has 5 nitrogen and oxygen atoms in total. The fraction of sp³-hybridized carbons (Fsp3) is 0.467. The number of ether oxygens (including phenoxy) is 3. The Morgan fingerprint density at radius 3 is 2.62 bits per heavy atom. The lowest BCUT2D eigenvalue weighted by Gasteiger charge is -2.19. The van der Waals surface area contributed by atoms with Gasteiger partial charge in [0.05, 0.1) is 24.8 Å². The molecule has 6 heteroatoms. The summed E-state index contributed by atoms with van der Waals surface area (Å²) in [6.07, 6.45) is 0. The third kappa shape index (κ3) is 3.47. The zero-order valence-corrected chi connectivity index (χ0v) is 13.0. The van der Waals surface area contributed by atoms with Crippen molar-refractivity contribution in [2.24, 2.45) is 5.41 Å². The second-order valence-electron chi connectivity index (χ2n) is 5.58. The molecule has 1 aliphatic rings. The van der Waals surface area contributed by atoms with Crippen molar-refractivity contribution in [1.29, 1.82) is 0 Å². The molecule has 1 aliphatic heterocycles. The van der Waals surface area contributed by atoms with Crippen molar-refractivity contribution in [1.82, 2.24) is 0 Å². The van der Waals surface area contributed by atoms with Crippen molar-refractivity contribution in [2.75, 3.05) is 19.8 Å². The van der Waals surface area contributed by atoms with Gasteiger partial charge in [-0.05, 0) is 19.1 Å². The standard InChI is InChI=1S/C15H17ClO5/c1-4-19-14(18)12(17)9-5-10(16)13-11(6-9)20-7-15(2,3)8-21-13/h5-6H,4,7-8H2,1-3H3. The van der Waals surface area contributed by atoms with Crippen LogP contribution in [0.3, 0.4) is 0 Å². The number of hydrogen-bond acceptors (Lipinski definition) is 5. The van der Waals surface area contributed by atoms with E-state index >= 15 is 0 Å². The molecule has 1 aromatic rings. The summed E-state index contributed by atoms with van der Waals surface area (Å²) in [5.74, 6) is -0.916. The SMILES string of the molecule is CCOC(=O)C(=O)c1cc(Cl)c2c(c1)OCC(C)(C)CO2. The van der Waals surface area contributed by atoms with Gasteiger partial charge in [0.1, 0.15) is 0 Å². The van der Waals surface area contributed by atoms with Gasteiger partial charge in [-0.2, -0.15) is 0 Å². The molecule has 0 bridgehead atoms. The van der Waals surface area contributed by atoms with Crippen LogP contribution in [-0.2, 0) is 9.53 Å². The van der Waals surface area contributed by atoms with Gasteiger partial charge < -0.3 is 14.2 Å². The average Bonchev–Trinajstić information content (AvgIpc) is 2.57. The molecule has 21 heavy (non-hydrogen) atoms. The molecule has 2 rings (SSSR count). The Balaban J connectivity index is 2.33. The number of rotatable bonds is 3. The van der Waals surface area contributed by atoms with Crippen LogP contribution in [0, 0.1) is 5.41 Å². The van der Waals surface area contributed by atoms with E-state index in [-0.39, 0.29) is 22.6 Å². The van der Waals surface area contributed by atoms with Crippen LogP contribution in [0.25, 0.3) is 0 Å². The second-order valence-corrected chi connectivity index (χ2v) is 5.98. The van der Waals surface area contributed by atoms with Gasteiger partial charge in [0, 0.05) is 11.0 Å². The molecule has 0 fully saturated rings. The Kier molecular flexibility index (Phi) is 4.42. The van der Waals surface area contributed by atoms with Gasteiger partial charge in [0.2, 0.25) is 0 Å². The average molecular weight is 313 g/mol.